The van der Waals surface area contributed by atoms with E-state index < -0.39 is 0 Å². The van der Waals surface area contributed by atoms with E-state index in [9.17, 15) is 0 Å². The lowest BCUT2D eigenvalue weighted by atomic mass is 9.88. The fourth-order valence-corrected chi connectivity index (χ4v) is 5.49. The number of carbonyl (C=O) groups is 1. The van der Waals surface area contributed by atoms with Crippen molar-refractivity contribution in [1.29, 1.82) is 0 Å². The molecule has 1 atom stereocenters. The number of nitrogens with one attached hydrogen (secondary N) is 2. The molecule has 0 aliphatic carbocycles. The van der Waals surface area contributed by atoms with Crippen molar-refractivity contribution in [1.82, 2.24) is 15.1 Å². The van der Waals surface area contributed by atoms with Gasteiger partial charge in [-0.2, -0.15) is 0 Å². The van der Waals surface area contributed by atoms with Crippen molar-refractivity contribution in [3.63, 3.8) is 0 Å². The van der Waals surface area contributed by atoms with Gasteiger partial charge in [0, 0.05) is 37.9 Å². The lowest BCUT2D eigenvalue weighted by Gasteiger charge is -2.46. The highest BCUT2D eigenvalue weighted by Gasteiger charge is 2.32. The van der Waals surface area contributed by atoms with Crippen LogP contribution in [0, 0.1) is 0 Å². The smallest absolute Gasteiger partial charge is 0.142 e. The molecule has 7 nitrogen and oxygen atoms in total. The summed E-state index contributed by atoms with van der Waals surface area (Å²) in [6, 6.07) is 7.53. The molecule has 0 saturated carbocycles. The molecule has 2 N–H and O–H groups in total. The largest absolute Gasteiger partial charge is 0.487 e. The Morgan fingerprint density at radius 2 is 1.97 bits per heavy atom. The number of nitrogens with zero attached hydrogens (tertiary/aromatic N) is 2. The van der Waals surface area contributed by atoms with Gasteiger partial charge in [-0.15, -0.1) is 0 Å². The molecule has 0 bridgehead atoms. The number of hydrogen-bond donors (Lipinski definition) is 2. The van der Waals surface area contributed by atoms with E-state index in [-0.39, 0.29) is 6.17 Å². The maximum Gasteiger partial charge on any atom is 0.142 e. The predicted molar refractivity (Wildman–Crippen MR) is 157 cm³/mol. The molecule has 38 heavy (non-hydrogen) atoms. The van der Waals surface area contributed by atoms with Crippen molar-refractivity contribution in [2.45, 2.75) is 64.1 Å². The number of ether oxygens (including phenoxy) is 2. The number of hydrogen-bond acceptors (Lipinski definition) is 7. The van der Waals surface area contributed by atoms with Gasteiger partial charge in [-0.25, -0.2) is 0 Å². The topological polar surface area (TPSA) is 66.1 Å². The molecule has 3 aliphatic rings. The monoisotopic (exact) mass is 524 g/mol. The molecule has 1 aromatic carbocycles. The number of piperidine rings is 1. The van der Waals surface area contributed by atoms with Crippen LogP contribution in [-0.2, 0) is 9.53 Å². The third kappa shape index (κ3) is 8.45. The summed E-state index contributed by atoms with van der Waals surface area (Å²) < 4.78 is 12.0. The van der Waals surface area contributed by atoms with Crippen molar-refractivity contribution >= 4 is 12.0 Å². The fraction of sp³-hybridized carbons (Fsp3) is 0.581. The summed E-state index contributed by atoms with van der Waals surface area (Å²) in [5, 5.41) is 7.13. The number of aldehydes is 1. The lowest BCUT2D eigenvalue weighted by Crippen LogP contribution is -2.59. The van der Waals surface area contributed by atoms with E-state index in [4.69, 9.17) is 14.3 Å². The summed E-state index contributed by atoms with van der Waals surface area (Å²) in [5.74, 6) is 1.55. The van der Waals surface area contributed by atoms with Gasteiger partial charge in [0.15, 0.2) is 0 Å². The molecule has 3 aliphatic heterocycles. The zero-order chi connectivity index (χ0) is 27.3. The van der Waals surface area contributed by atoms with Crippen LogP contribution in [0.4, 0.5) is 5.69 Å². The van der Waals surface area contributed by atoms with Crippen LogP contribution in [0.3, 0.4) is 0 Å². The van der Waals surface area contributed by atoms with Crippen LogP contribution in [-0.4, -0.2) is 81.3 Å². The van der Waals surface area contributed by atoms with Gasteiger partial charge in [0.1, 0.15) is 24.8 Å². The van der Waals surface area contributed by atoms with Gasteiger partial charge >= 0.3 is 0 Å². The molecule has 1 aromatic rings. The number of fused-ring (bicyclic) bond motifs is 1. The van der Waals surface area contributed by atoms with Crippen molar-refractivity contribution in [3.8, 4) is 5.75 Å². The van der Waals surface area contributed by atoms with Gasteiger partial charge in [-0.3, -0.25) is 9.69 Å². The van der Waals surface area contributed by atoms with Crippen LogP contribution in [0.25, 0.3) is 0 Å². The Bertz CT molecular complexity index is 927. The minimum Gasteiger partial charge on any atom is -0.487 e. The first-order valence-electron chi connectivity index (χ1n) is 14.2. The molecule has 0 aromatic heterocycles. The highest BCUT2D eigenvalue weighted by molar-refractivity contribution is 5.63. The Kier molecular flexibility index (Phi) is 12.4. The number of benzene rings is 1. The van der Waals surface area contributed by atoms with E-state index in [0.717, 1.165) is 50.0 Å². The Morgan fingerprint density at radius 1 is 1.24 bits per heavy atom. The van der Waals surface area contributed by atoms with Crippen molar-refractivity contribution in [3.05, 3.63) is 60.3 Å². The highest BCUT2D eigenvalue weighted by Crippen LogP contribution is 2.37. The molecule has 4 rings (SSSR count). The van der Waals surface area contributed by atoms with Crippen LogP contribution in [0.15, 0.2) is 54.8 Å². The summed E-state index contributed by atoms with van der Waals surface area (Å²) in [6.07, 6.45) is 9.18. The first-order valence-corrected chi connectivity index (χ1v) is 14.2. The summed E-state index contributed by atoms with van der Waals surface area (Å²) >= 11 is 0. The van der Waals surface area contributed by atoms with Gasteiger partial charge in [0.05, 0.1) is 5.69 Å². The van der Waals surface area contributed by atoms with Gasteiger partial charge in [-0.05, 0) is 95.1 Å². The first-order chi connectivity index (χ1) is 18.5. The van der Waals surface area contributed by atoms with E-state index in [1.807, 2.05) is 0 Å². The first kappa shape index (κ1) is 29.9. The van der Waals surface area contributed by atoms with Gasteiger partial charge in [0.2, 0.25) is 0 Å². The molecule has 3 heterocycles. The van der Waals surface area contributed by atoms with E-state index in [2.05, 4.69) is 72.7 Å². The molecular formula is C31H48N4O3. The van der Waals surface area contributed by atoms with Crippen molar-refractivity contribution in [2.75, 3.05) is 58.4 Å². The SMILES string of the molecule is C=CC=O.C=CNC1Nc2cc(C3CCN(C4CN(C)C4)CC3)ccc2OC/C1=C(/C)CCCOCCC. The minimum atomic E-state index is -0.0111. The number of likely N-dealkylation sites (tertiary alicyclic amines) is 2. The quantitative estimate of drug-likeness (QED) is 0.184. The molecule has 0 radical (unpaired) electrons. The van der Waals surface area contributed by atoms with Crippen LogP contribution in [0.5, 0.6) is 5.75 Å². The predicted octanol–water partition coefficient (Wildman–Crippen LogP) is 4.94. The van der Waals surface area contributed by atoms with E-state index in [1.165, 1.54) is 61.8 Å². The average molecular weight is 525 g/mol. The van der Waals surface area contributed by atoms with E-state index >= 15 is 0 Å². The van der Waals surface area contributed by atoms with Gasteiger partial charge in [-0.1, -0.05) is 31.7 Å². The van der Waals surface area contributed by atoms with Gasteiger partial charge in [0.25, 0.3) is 0 Å². The summed E-state index contributed by atoms with van der Waals surface area (Å²) in [5.41, 5.74) is 5.12. The minimum absolute atomic E-state index is 0.0111. The number of carbonyl (C=O) groups excluding carboxylic acids is 1. The molecule has 210 valence electrons. The zero-order valence-electron chi connectivity index (χ0n) is 23.7. The van der Waals surface area contributed by atoms with Crippen LogP contribution in [0.1, 0.15) is 57.4 Å². The third-order valence-corrected chi connectivity index (χ3v) is 7.72. The zero-order valence-corrected chi connectivity index (χ0v) is 23.7. The molecule has 0 spiro atoms. The highest BCUT2D eigenvalue weighted by atomic mass is 16.5. The number of rotatable bonds is 11. The number of likely N-dealkylation sites (N-methyl/N-ethyl adjacent to an activating group) is 1. The van der Waals surface area contributed by atoms with Crippen LogP contribution >= 0.6 is 0 Å². The Hall–Kier alpha value is -2.61. The van der Waals surface area contributed by atoms with Gasteiger partial charge < -0.3 is 25.0 Å². The molecule has 1 unspecified atom stereocenters. The van der Waals surface area contributed by atoms with E-state index in [1.54, 1.807) is 6.20 Å². The Morgan fingerprint density at radius 3 is 2.61 bits per heavy atom. The fourth-order valence-electron chi connectivity index (χ4n) is 5.49. The average Bonchev–Trinajstić information content (AvgIpc) is 3.10. The molecular weight excluding hydrogens is 476 g/mol. The molecule has 0 amide bonds. The third-order valence-electron chi connectivity index (χ3n) is 7.72. The normalized spacial score (nSPS) is 21.8. The molecule has 2 saturated heterocycles. The second kappa shape index (κ2) is 15.7. The number of anilines is 1. The number of allylic oxidation sites excluding steroid dienone is 2. The Balaban J connectivity index is 0.000000934. The second-order valence-electron chi connectivity index (χ2n) is 10.6. The molecule has 2 fully saturated rings. The summed E-state index contributed by atoms with van der Waals surface area (Å²) in [7, 11) is 2.21. The standard InChI is InChI=1S/C28H44N4O2.C3H4O/c1-5-15-33-16-7-8-21(3)25-20-34-27-10-9-23(17-26(27)30-28(25)29-6-2)22-11-13-32(14-12-22)24-18-31(4)19-24;1-2-3-4/h6,9-10,17,22,24,28-30H,2,5,7-8,11-16,18-20H2,1,3-4H3;2-3H,1H2/b25-21+;. The summed E-state index contributed by atoms with van der Waals surface area (Å²) in [4.78, 5) is 14.2. The maximum atomic E-state index is 9.06. The lowest BCUT2D eigenvalue weighted by molar-refractivity contribution is -0.104. The second-order valence-corrected chi connectivity index (χ2v) is 10.6. The summed E-state index contributed by atoms with van der Waals surface area (Å²) in [6.45, 7) is 18.5. The maximum absolute atomic E-state index is 9.06. The Labute approximate surface area is 229 Å². The van der Waals surface area contributed by atoms with Crippen molar-refractivity contribution in [2.24, 2.45) is 0 Å². The van der Waals surface area contributed by atoms with E-state index in [0.29, 0.717) is 18.8 Å². The van der Waals surface area contributed by atoms with Crippen LogP contribution in [0.2, 0.25) is 0 Å². The molecule has 7 heteroatoms. The van der Waals surface area contributed by atoms with Crippen LogP contribution < -0.4 is 15.4 Å². The van der Waals surface area contributed by atoms with Crippen molar-refractivity contribution < 1.29 is 14.3 Å².